The Morgan fingerprint density at radius 2 is 2.00 bits per heavy atom. The van der Waals surface area contributed by atoms with Crippen LogP contribution >= 0.6 is 11.3 Å². The van der Waals surface area contributed by atoms with E-state index in [1.165, 1.54) is 23.5 Å². The first-order valence-electron chi connectivity index (χ1n) is 9.93. The average molecular weight is 447 g/mol. The van der Waals surface area contributed by atoms with Gasteiger partial charge in [0.25, 0.3) is 5.91 Å². The Balaban J connectivity index is 1.41. The van der Waals surface area contributed by atoms with Crippen molar-refractivity contribution >= 4 is 37.2 Å². The number of pyridine rings is 1. The Hall–Kier alpha value is -2.32. The number of amides is 1. The number of hydrogen-bond acceptors (Lipinski definition) is 5. The summed E-state index contributed by atoms with van der Waals surface area (Å²) in [5.74, 6) is 0.0270. The minimum absolute atomic E-state index is 0.136. The minimum Gasteiger partial charge on any atom is -0.347 e. The summed E-state index contributed by atoms with van der Waals surface area (Å²) in [4.78, 5) is 17.2. The van der Waals surface area contributed by atoms with Gasteiger partial charge in [-0.3, -0.25) is 9.78 Å². The first-order valence-corrected chi connectivity index (χ1v) is 12.3. The molecule has 0 spiro atoms. The fourth-order valence-corrected chi connectivity index (χ4v) is 6.63. The Morgan fingerprint density at radius 3 is 2.70 bits per heavy atom. The van der Waals surface area contributed by atoms with E-state index in [1.54, 1.807) is 24.5 Å². The van der Waals surface area contributed by atoms with Crippen LogP contribution in [0.15, 0.2) is 53.7 Å². The molecule has 8 heteroatoms. The Morgan fingerprint density at radius 1 is 1.23 bits per heavy atom. The molecule has 3 atom stereocenters. The van der Waals surface area contributed by atoms with Gasteiger partial charge < -0.3 is 5.32 Å². The number of fused-ring (bicyclic) bond motifs is 1. The van der Waals surface area contributed by atoms with Crippen molar-refractivity contribution in [3.63, 3.8) is 0 Å². The van der Waals surface area contributed by atoms with E-state index in [0.717, 1.165) is 22.1 Å². The fraction of sp³-hybridized carbons (Fsp3) is 0.364. The number of hydrogen-bond donors (Lipinski definition) is 1. The highest BCUT2D eigenvalue weighted by molar-refractivity contribution is 7.92. The van der Waals surface area contributed by atoms with E-state index in [9.17, 15) is 17.6 Å². The maximum absolute atomic E-state index is 14.4. The number of carbonyl (C=O) groups excluding carboxylic acids is 1. The van der Waals surface area contributed by atoms with E-state index in [1.807, 2.05) is 19.1 Å². The van der Waals surface area contributed by atoms with E-state index in [-0.39, 0.29) is 23.3 Å². The van der Waals surface area contributed by atoms with Gasteiger partial charge in [-0.25, -0.2) is 12.8 Å². The number of carbonyl (C=O) groups is 1. The average Bonchev–Trinajstić information content (AvgIpc) is 3.16. The van der Waals surface area contributed by atoms with Gasteiger partial charge in [-0.2, -0.15) is 0 Å². The van der Waals surface area contributed by atoms with Crippen molar-refractivity contribution in [2.24, 2.45) is 5.92 Å². The molecule has 3 aromatic rings. The van der Waals surface area contributed by atoms with Crippen molar-refractivity contribution in [2.45, 2.75) is 49.0 Å². The van der Waals surface area contributed by atoms with Crippen LogP contribution in [0.1, 0.15) is 41.4 Å². The minimum atomic E-state index is -3.71. The SMILES string of the molecule is CC1CCC(S(=O)(=O)c2ccc(CNC(=O)c3cc4ccncc4s3)cc2)C(F)C1. The molecule has 1 aliphatic rings. The van der Waals surface area contributed by atoms with E-state index < -0.39 is 21.3 Å². The number of halogens is 1. The third kappa shape index (κ3) is 4.25. The fourth-order valence-electron chi connectivity index (χ4n) is 3.87. The molecular weight excluding hydrogens is 423 g/mol. The van der Waals surface area contributed by atoms with Crippen molar-refractivity contribution in [3.8, 4) is 0 Å². The molecule has 4 rings (SSSR count). The lowest BCUT2D eigenvalue weighted by atomic mass is 9.89. The van der Waals surface area contributed by atoms with Crippen molar-refractivity contribution in [1.29, 1.82) is 0 Å². The third-order valence-corrected chi connectivity index (χ3v) is 8.97. The Bertz CT molecular complexity index is 1130. The second kappa shape index (κ2) is 8.43. The summed E-state index contributed by atoms with van der Waals surface area (Å²) in [6.45, 7) is 2.23. The summed E-state index contributed by atoms with van der Waals surface area (Å²) in [6.07, 6.45) is 3.46. The number of thiophene rings is 1. The molecule has 30 heavy (non-hydrogen) atoms. The zero-order chi connectivity index (χ0) is 21.3. The molecule has 1 N–H and O–H groups in total. The van der Waals surface area contributed by atoms with Crippen molar-refractivity contribution < 1.29 is 17.6 Å². The molecule has 3 unspecified atom stereocenters. The predicted octanol–water partition coefficient (Wildman–Crippen LogP) is 4.53. The van der Waals surface area contributed by atoms with Crippen molar-refractivity contribution in [2.75, 3.05) is 0 Å². The lowest BCUT2D eigenvalue weighted by molar-refractivity contribution is 0.0955. The van der Waals surface area contributed by atoms with Crippen LogP contribution in [0.5, 0.6) is 0 Å². The standard InChI is InChI=1S/C22H23FN2O3S2/c1-14-2-7-21(18(23)10-14)30(27,28)17-5-3-15(4-6-17)12-25-22(26)19-11-16-8-9-24-13-20(16)29-19/h3-6,8-9,11,13-14,18,21H,2,7,10,12H2,1H3,(H,25,26). The molecule has 0 bridgehead atoms. The first-order chi connectivity index (χ1) is 14.3. The summed E-state index contributed by atoms with van der Waals surface area (Å²) in [5.41, 5.74) is 0.777. The van der Waals surface area contributed by atoms with Gasteiger partial charge >= 0.3 is 0 Å². The lowest BCUT2D eigenvalue weighted by Gasteiger charge is -2.29. The molecule has 5 nitrogen and oxygen atoms in total. The van der Waals surface area contributed by atoms with Crippen LogP contribution in [0.3, 0.4) is 0 Å². The van der Waals surface area contributed by atoms with Crippen LogP contribution in [0.2, 0.25) is 0 Å². The molecule has 1 saturated carbocycles. The van der Waals surface area contributed by atoms with Gasteiger partial charge in [0.1, 0.15) is 6.17 Å². The maximum Gasteiger partial charge on any atom is 0.261 e. The number of aromatic nitrogens is 1. The van der Waals surface area contributed by atoms with Gasteiger partial charge in [0.15, 0.2) is 9.84 Å². The van der Waals surface area contributed by atoms with Crippen LogP contribution in [0.4, 0.5) is 4.39 Å². The number of nitrogens with one attached hydrogen (secondary N) is 1. The molecule has 1 amide bonds. The molecule has 0 saturated heterocycles. The third-order valence-electron chi connectivity index (χ3n) is 5.63. The lowest BCUT2D eigenvalue weighted by Crippen LogP contribution is -2.36. The van der Waals surface area contributed by atoms with Gasteiger partial charge in [0, 0.05) is 18.9 Å². The normalized spacial score (nSPS) is 22.1. The number of nitrogens with zero attached hydrogens (tertiary/aromatic N) is 1. The topological polar surface area (TPSA) is 76.1 Å². The van der Waals surface area contributed by atoms with Gasteiger partial charge in [0.2, 0.25) is 0 Å². The summed E-state index contributed by atoms with van der Waals surface area (Å²) in [5, 5.41) is 2.85. The Labute approximate surface area is 179 Å². The number of sulfone groups is 1. The molecule has 158 valence electrons. The van der Waals surface area contributed by atoms with Gasteiger partial charge in [-0.1, -0.05) is 19.1 Å². The molecule has 0 aliphatic heterocycles. The highest BCUT2D eigenvalue weighted by atomic mass is 32.2. The van der Waals surface area contributed by atoms with E-state index in [2.05, 4.69) is 10.3 Å². The second-order valence-electron chi connectivity index (χ2n) is 7.87. The predicted molar refractivity (Wildman–Crippen MR) is 116 cm³/mol. The van der Waals surface area contributed by atoms with Crippen molar-refractivity contribution in [1.82, 2.24) is 10.3 Å². The molecule has 0 radical (unpaired) electrons. The molecule has 2 heterocycles. The highest BCUT2D eigenvalue weighted by Gasteiger charge is 2.38. The smallest absolute Gasteiger partial charge is 0.261 e. The van der Waals surface area contributed by atoms with Crippen LogP contribution in [0, 0.1) is 5.92 Å². The number of benzene rings is 1. The molecular formula is C22H23FN2O3S2. The summed E-state index contributed by atoms with van der Waals surface area (Å²) in [6, 6.07) is 10.0. The van der Waals surface area contributed by atoms with E-state index >= 15 is 0 Å². The second-order valence-corrected chi connectivity index (χ2v) is 11.1. The van der Waals surface area contributed by atoms with E-state index in [4.69, 9.17) is 0 Å². The monoisotopic (exact) mass is 446 g/mol. The van der Waals surface area contributed by atoms with Gasteiger partial charge in [0.05, 0.1) is 19.7 Å². The van der Waals surface area contributed by atoms with E-state index in [0.29, 0.717) is 17.7 Å². The van der Waals surface area contributed by atoms with Crippen LogP contribution in [0.25, 0.3) is 10.1 Å². The Kier molecular flexibility index (Phi) is 5.88. The van der Waals surface area contributed by atoms with Gasteiger partial charge in [-0.05, 0) is 60.4 Å². The highest BCUT2D eigenvalue weighted by Crippen LogP contribution is 2.33. The summed E-state index contributed by atoms with van der Waals surface area (Å²) >= 11 is 1.37. The van der Waals surface area contributed by atoms with Crippen LogP contribution < -0.4 is 5.32 Å². The summed E-state index contributed by atoms with van der Waals surface area (Å²) < 4.78 is 41.0. The quantitative estimate of drug-likeness (QED) is 0.625. The van der Waals surface area contributed by atoms with Crippen molar-refractivity contribution in [3.05, 3.63) is 59.2 Å². The van der Waals surface area contributed by atoms with Gasteiger partial charge in [-0.15, -0.1) is 11.3 Å². The maximum atomic E-state index is 14.4. The molecule has 1 aliphatic carbocycles. The zero-order valence-electron chi connectivity index (χ0n) is 16.5. The van der Waals surface area contributed by atoms with Crippen LogP contribution in [-0.4, -0.2) is 30.7 Å². The number of alkyl halides is 1. The van der Waals surface area contributed by atoms with Crippen LogP contribution in [-0.2, 0) is 16.4 Å². The molecule has 1 fully saturated rings. The summed E-state index contributed by atoms with van der Waals surface area (Å²) in [7, 11) is -3.71. The number of rotatable bonds is 5. The first kappa shape index (κ1) is 20.9. The molecule has 1 aromatic carbocycles. The largest absolute Gasteiger partial charge is 0.347 e. The molecule has 2 aromatic heterocycles. The zero-order valence-corrected chi connectivity index (χ0v) is 18.2.